The second kappa shape index (κ2) is 7.23. The van der Waals surface area contributed by atoms with Gasteiger partial charge in [-0.1, -0.05) is 44.2 Å². The summed E-state index contributed by atoms with van der Waals surface area (Å²) in [5.41, 5.74) is 2.09. The lowest BCUT2D eigenvalue weighted by atomic mass is 9.99. The Kier molecular flexibility index (Phi) is 5.08. The van der Waals surface area contributed by atoms with Crippen molar-refractivity contribution in [3.05, 3.63) is 35.2 Å². The fourth-order valence-electron chi connectivity index (χ4n) is 2.86. The number of hydrogen-bond acceptors (Lipinski definition) is 4. The lowest BCUT2D eigenvalue weighted by Gasteiger charge is -2.21. The Bertz CT molecular complexity index is 660. The van der Waals surface area contributed by atoms with Gasteiger partial charge >= 0.3 is 0 Å². The number of benzene rings is 1. The standard InChI is InChI=1S/C18H23N3OS/c1-12(2)16-15(13-7-4-3-5-8-13)20-18(23-16)21-17(22)14-9-6-10-19-11-14/h3-5,7-8,12,14,19H,6,9-11H2,1-2H3,(H,20,21,22). The van der Waals surface area contributed by atoms with Gasteiger partial charge in [0.2, 0.25) is 5.91 Å². The summed E-state index contributed by atoms with van der Waals surface area (Å²) in [7, 11) is 0. The summed E-state index contributed by atoms with van der Waals surface area (Å²) < 4.78 is 0. The highest BCUT2D eigenvalue weighted by atomic mass is 32.1. The number of hydrogen-bond donors (Lipinski definition) is 2. The monoisotopic (exact) mass is 329 g/mol. The molecule has 0 radical (unpaired) electrons. The van der Waals surface area contributed by atoms with E-state index in [0.29, 0.717) is 11.0 Å². The Hall–Kier alpha value is -1.72. The first-order valence-electron chi connectivity index (χ1n) is 8.23. The smallest absolute Gasteiger partial charge is 0.230 e. The van der Waals surface area contributed by atoms with Crippen LogP contribution in [0, 0.1) is 5.92 Å². The molecule has 0 aliphatic carbocycles. The van der Waals surface area contributed by atoms with E-state index in [1.165, 1.54) is 4.88 Å². The van der Waals surface area contributed by atoms with Crippen LogP contribution < -0.4 is 10.6 Å². The zero-order chi connectivity index (χ0) is 16.2. The van der Waals surface area contributed by atoms with Crippen molar-refractivity contribution in [3.63, 3.8) is 0 Å². The predicted octanol–water partition coefficient (Wildman–Crippen LogP) is 3.87. The third kappa shape index (κ3) is 3.79. The molecular formula is C18H23N3OS. The number of rotatable bonds is 4. The van der Waals surface area contributed by atoms with E-state index < -0.39 is 0 Å². The molecular weight excluding hydrogens is 306 g/mol. The summed E-state index contributed by atoms with van der Waals surface area (Å²) in [5.74, 6) is 0.515. The summed E-state index contributed by atoms with van der Waals surface area (Å²) in [6, 6.07) is 10.2. The molecule has 1 aliphatic heterocycles. The molecule has 1 aromatic heterocycles. The number of amides is 1. The molecule has 1 unspecified atom stereocenters. The SMILES string of the molecule is CC(C)c1sc(NC(=O)C2CCCNC2)nc1-c1ccccc1. The Morgan fingerprint density at radius 3 is 2.78 bits per heavy atom. The fourth-order valence-corrected chi connectivity index (χ4v) is 3.86. The average molecular weight is 329 g/mol. The quantitative estimate of drug-likeness (QED) is 0.895. The Labute approximate surface area is 141 Å². The predicted molar refractivity (Wildman–Crippen MR) is 95.9 cm³/mol. The van der Waals surface area contributed by atoms with Gasteiger partial charge in [0.1, 0.15) is 0 Å². The number of aromatic nitrogens is 1. The third-order valence-corrected chi connectivity index (χ3v) is 5.39. The molecule has 2 heterocycles. The van der Waals surface area contributed by atoms with E-state index in [4.69, 9.17) is 4.98 Å². The normalized spacial score (nSPS) is 18.1. The minimum Gasteiger partial charge on any atom is -0.316 e. The first-order chi connectivity index (χ1) is 11.1. The summed E-state index contributed by atoms with van der Waals surface area (Å²) in [6.07, 6.45) is 2.01. The molecule has 1 saturated heterocycles. The van der Waals surface area contributed by atoms with Gasteiger partial charge in [-0.2, -0.15) is 0 Å². The van der Waals surface area contributed by atoms with Crippen LogP contribution in [-0.4, -0.2) is 24.0 Å². The van der Waals surface area contributed by atoms with Gasteiger partial charge < -0.3 is 10.6 Å². The Morgan fingerprint density at radius 1 is 1.35 bits per heavy atom. The molecule has 23 heavy (non-hydrogen) atoms. The second-order valence-corrected chi connectivity index (χ2v) is 7.32. The van der Waals surface area contributed by atoms with Gasteiger partial charge in [-0.3, -0.25) is 4.79 Å². The van der Waals surface area contributed by atoms with Crippen molar-refractivity contribution < 1.29 is 4.79 Å². The minimum absolute atomic E-state index is 0.0512. The van der Waals surface area contributed by atoms with Crippen LogP contribution in [-0.2, 0) is 4.79 Å². The zero-order valence-electron chi connectivity index (χ0n) is 13.6. The molecule has 1 aromatic carbocycles. The zero-order valence-corrected chi connectivity index (χ0v) is 14.5. The summed E-state index contributed by atoms with van der Waals surface area (Å²) in [5, 5.41) is 7.02. The topological polar surface area (TPSA) is 54.0 Å². The highest BCUT2D eigenvalue weighted by Gasteiger charge is 2.23. The Morgan fingerprint density at radius 2 is 2.13 bits per heavy atom. The van der Waals surface area contributed by atoms with Crippen LogP contribution in [0.5, 0.6) is 0 Å². The lowest BCUT2D eigenvalue weighted by molar-refractivity contribution is -0.120. The van der Waals surface area contributed by atoms with E-state index in [-0.39, 0.29) is 11.8 Å². The molecule has 5 heteroatoms. The van der Waals surface area contributed by atoms with Crippen LogP contribution >= 0.6 is 11.3 Å². The average Bonchev–Trinajstić information content (AvgIpc) is 3.00. The van der Waals surface area contributed by atoms with Gasteiger partial charge in [0, 0.05) is 17.0 Å². The molecule has 122 valence electrons. The van der Waals surface area contributed by atoms with E-state index in [1.807, 2.05) is 18.2 Å². The van der Waals surface area contributed by atoms with Gasteiger partial charge in [-0.25, -0.2) is 4.98 Å². The van der Waals surface area contributed by atoms with Crippen LogP contribution in [0.3, 0.4) is 0 Å². The van der Waals surface area contributed by atoms with E-state index in [2.05, 4.69) is 36.6 Å². The maximum absolute atomic E-state index is 12.4. The van der Waals surface area contributed by atoms with Crippen molar-refractivity contribution in [2.45, 2.75) is 32.6 Å². The first-order valence-corrected chi connectivity index (χ1v) is 9.04. The third-order valence-electron chi connectivity index (χ3n) is 4.12. The largest absolute Gasteiger partial charge is 0.316 e. The van der Waals surface area contributed by atoms with Gasteiger partial charge in [-0.15, -0.1) is 11.3 Å². The van der Waals surface area contributed by atoms with E-state index in [0.717, 1.165) is 37.2 Å². The molecule has 1 fully saturated rings. The van der Waals surface area contributed by atoms with Crippen molar-refractivity contribution in [3.8, 4) is 11.3 Å². The van der Waals surface area contributed by atoms with Gasteiger partial charge in [-0.05, 0) is 25.3 Å². The van der Waals surface area contributed by atoms with Gasteiger partial charge in [0.05, 0.1) is 11.6 Å². The first kappa shape index (κ1) is 16.1. The highest BCUT2D eigenvalue weighted by Crippen LogP contribution is 2.36. The Balaban J connectivity index is 1.82. The summed E-state index contributed by atoms with van der Waals surface area (Å²) in [4.78, 5) is 18.3. The van der Waals surface area contributed by atoms with Crippen molar-refractivity contribution in [2.24, 2.45) is 5.92 Å². The van der Waals surface area contributed by atoms with Crippen LogP contribution in [0.15, 0.2) is 30.3 Å². The molecule has 1 atom stereocenters. The number of nitrogens with one attached hydrogen (secondary N) is 2. The molecule has 0 saturated carbocycles. The highest BCUT2D eigenvalue weighted by molar-refractivity contribution is 7.16. The maximum atomic E-state index is 12.4. The van der Waals surface area contributed by atoms with Crippen molar-refractivity contribution >= 4 is 22.4 Å². The molecule has 4 nitrogen and oxygen atoms in total. The van der Waals surface area contributed by atoms with Crippen LogP contribution in [0.4, 0.5) is 5.13 Å². The van der Waals surface area contributed by atoms with Crippen molar-refractivity contribution in [1.29, 1.82) is 0 Å². The molecule has 3 rings (SSSR count). The van der Waals surface area contributed by atoms with E-state index >= 15 is 0 Å². The molecule has 0 spiro atoms. The molecule has 2 N–H and O–H groups in total. The fraction of sp³-hybridized carbons (Fsp3) is 0.444. The number of anilines is 1. The molecule has 0 bridgehead atoms. The molecule has 1 amide bonds. The van der Waals surface area contributed by atoms with Gasteiger partial charge in [0.15, 0.2) is 5.13 Å². The van der Waals surface area contributed by atoms with Crippen LogP contribution in [0.2, 0.25) is 0 Å². The summed E-state index contributed by atoms with van der Waals surface area (Å²) >= 11 is 1.59. The second-order valence-electron chi connectivity index (χ2n) is 6.29. The summed E-state index contributed by atoms with van der Waals surface area (Å²) in [6.45, 7) is 6.10. The maximum Gasteiger partial charge on any atom is 0.230 e. The number of carbonyl (C=O) groups is 1. The van der Waals surface area contributed by atoms with Crippen LogP contribution in [0.25, 0.3) is 11.3 Å². The minimum atomic E-state index is 0.0512. The van der Waals surface area contributed by atoms with Crippen molar-refractivity contribution in [1.82, 2.24) is 10.3 Å². The van der Waals surface area contributed by atoms with Crippen LogP contribution in [0.1, 0.15) is 37.5 Å². The van der Waals surface area contributed by atoms with Crippen molar-refractivity contribution in [2.75, 3.05) is 18.4 Å². The number of carbonyl (C=O) groups excluding carboxylic acids is 1. The molecule has 2 aromatic rings. The van der Waals surface area contributed by atoms with E-state index in [1.54, 1.807) is 11.3 Å². The lowest BCUT2D eigenvalue weighted by Crippen LogP contribution is -2.37. The number of piperidine rings is 1. The molecule has 1 aliphatic rings. The van der Waals surface area contributed by atoms with Gasteiger partial charge in [0.25, 0.3) is 0 Å². The number of thiazole rings is 1. The number of nitrogens with zero attached hydrogens (tertiary/aromatic N) is 1. The van der Waals surface area contributed by atoms with E-state index in [9.17, 15) is 4.79 Å².